The molecule has 3 heteroatoms. The number of hydrogen-bond donors (Lipinski definition) is 1. The number of rotatable bonds is 3. The Balaban J connectivity index is 2.01. The van der Waals surface area contributed by atoms with Gasteiger partial charge in [-0.05, 0) is 19.3 Å². The molecule has 0 radical (unpaired) electrons. The summed E-state index contributed by atoms with van der Waals surface area (Å²) in [6, 6.07) is 0.792. The molecule has 1 N–H and O–H groups in total. The van der Waals surface area contributed by atoms with E-state index in [4.69, 9.17) is 4.98 Å². The van der Waals surface area contributed by atoms with Crippen LogP contribution < -0.4 is 5.32 Å². The molecule has 1 aromatic heterocycles. The lowest BCUT2D eigenvalue weighted by Gasteiger charge is -2.15. The van der Waals surface area contributed by atoms with Crippen LogP contribution in [0.5, 0.6) is 0 Å². The van der Waals surface area contributed by atoms with Crippen molar-refractivity contribution in [3.63, 3.8) is 0 Å². The molecule has 3 rings (SSSR count). The summed E-state index contributed by atoms with van der Waals surface area (Å²) in [5.74, 6) is 1.34. The number of nitrogens with one attached hydrogen (secondary N) is 1. The minimum absolute atomic E-state index is 0.792. The third kappa shape index (κ3) is 1.59. The Morgan fingerprint density at radius 3 is 3.07 bits per heavy atom. The molecule has 15 heavy (non-hydrogen) atoms. The van der Waals surface area contributed by atoms with Gasteiger partial charge in [0.15, 0.2) is 0 Å². The second-order valence-electron chi connectivity index (χ2n) is 4.70. The molecular formula is C12H19N3. The maximum absolute atomic E-state index is 4.80. The molecule has 0 atom stereocenters. The second-order valence-corrected chi connectivity index (χ2v) is 4.70. The van der Waals surface area contributed by atoms with Gasteiger partial charge in [0.1, 0.15) is 5.82 Å². The summed E-state index contributed by atoms with van der Waals surface area (Å²) in [6.45, 7) is 4.34. The van der Waals surface area contributed by atoms with Crippen molar-refractivity contribution in [1.82, 2.24) is 14.9 Å². The highest BCUT2D eigenvalue weighted by atomic mass is 15.2. The van der Waals surface area contributed by atoms with Gasteiger partial charge in [-0.1, -0.05) is 6.92 Å². The molecule has 0 amide bonds. The summed E-state index contributed by atoms with van der Waals surface area (Å²) in [4.78, 5) is 4.80. The predicted molar refractivity (Wildman–Crippen MR) is 59.9 cm³/mol. The largest absolute Gasteiger partial charge is 0.329 e. The van der Waals surface area contributed by atoms with Crippen LogP contribution in [0.25, 0.3) is 0 Å². The van der Waals surface area contributed by atoms with E-state index < -0.39 is 0 Å². The van der Waals surface area contributed by atoms with E-state index >= 15 is 0 Å². The van der Waals surface area contributed by atoms with E-state index in [-0.39, 0.29) is 0 Å². The first-order chi connectivity index (χ1) is 7.40. The molecule has 1 aromatic rings. The molecule has 1 aliphatic carbocycles. The highest BCUT2D eigenvalue weighted by Gasteiger charge is 2.30. The van der Waals surface area contributed by atoms with Crippen LogP contribution in [0.3, 0.4) is 0 Å². The van der Waals surface area contributed by atoms with E-state index in [0.717, 1.165) is 25.6 Å². The molecule has 0 unspecified atom stereocenters. The van der Waals surface area contributed by atoms with Crippen LogP contribution in [0.2, 0.25) is 0 Å². The average Bonchev–Trinajstić information content (AvgIpc) is 3.01. The fourth-order valence-electron chi connectivity index (χ4n) is 2.55. The van der Waals surface area contributed by atoms with Gasteiger partial charge in [-0.25, -0.2) is 4.98 Å². The van der Waals surface area contributed by atoms with Crippen molar-refractivity contribution in [1.29, 1.82) is 0 Å². The standard InChI is InChI=1S/C12H19N3/c1-2-3-12-14-10-8-13-7-6-11(10)15(12)9-4-5-9/h9,13H,2-8H2,1H3. The van der Waals surface area contributed by atoms with Gasteiger partial charge >= 0.3 is 0 Å². The number of nitrogens with zero attached hydrogens (tertiary/aromatic N) is 2. The van der Waals surface area contributed by atoms with Gasteiger partial charge < -0.3 is 9.88 Å². The zero-order chi connectivity index (χ0) is 10.3. The van der Waals surface area contributed by atoms with Gasteiger partial charge in [-0.15, -0.1) is 0 Å². The lowest BCUT2D eigenvalue weighted by atomic mass is 10.2. The predicted octanol–water partition coefficient (Wildman–Crippen LogP) is 1.82. The van der Waals surface area contributed by atoms with Crippen LogP contribution in [-0.4, -0.2) is 16.1 Å². The van der Waals surface area contributed by atoms with Crippen LogP contribution in [0.4, 0.5) is 0 Å². The molecule has 2 heterocycles. The van der Waals surface area contributed by atoms with Crippen molar-refractivity contribution in [2.24, 2.45) is 0 Å². The summed E-state index contributed by atoms with van der Waals surface area (Å²) in [5, 5.41) is 3.41. The SMILES string of the molecule is CCCc1nc2c(n1C1CC1)CCNC2. The first-order valence-corrected chi connectivity index (χ1v) is 6.19. The number of imidazole rings is 1. The highest BCUT2D eigenvalue weighted by molar-refractivity contribution is 5.22. The fourth-order valence-corrected chi connectivity index (χ4v) is 2.55. The van der Waals surface area contributed by atoms with E-state index in [9.17, 15) is 0 Å². The smallest absolute Gasteiger partial charge is 0.109 e. The molecule has 0 bridgehead atoms. The Morgan fingerprint density at radius 2 is 2.33 bits per heavy atom. The molecule has 3 nitrogen and oxygen atoms in total. The lowest BCUT2D eigenvalue weighted by Crippen LogP contribution is -2.24. The normalized spacial score (nSPS) is 20.3. The van der Waals surface area contributed by atoms with Gasteiger partial charge in [0.05, 0.1) is 5.69 Å². The van der Waals surface area contributed by atoms with E-state index in [1.165, 1.54) is 42.9 Å². The third-order valence-corrected chi connectivity index (χ3v) is 3.38. The van der Waals surface area contributed by atoms with Crippen molar-refractivity contribution in [3.05, 3.63) is 17.2 Å². The van der Waals surface area contributed by atoms with E-state index in [0.29, 0.717) is 0 Å². The maximum atomic E-state index is 4.80. The lowest BCUT2D eigenvalue weighted by molar-refractivity contribution is 0.583. The molecule has 82 valence electrons. The average molecular weight is 205 g/mol. The quantitative estimate of drug-likeness (QED) is 0.815. The Labute approximate surface area is 90.9 Å². The molecule has 1 aliphatic heterocycles. The van der Waals surface area contributed by atoms with Gasteiger partial charge in [0.25, 0.3) is 0 Å². The maximum Gasteiger partial charge on any atom is 0.109 e. The van der Waals surface area contributed by atoms with Gasteiger partial charge in [0.2, 0.25) is 0 Å². The van der Waals surface area contributed by atoms with Crippen molar-refractivity contribution in [3.8, 4) is 0 Å². The van der Waals surface area contributed by atoms with Crippen molar-refractivity contribution >= 4 is 0 Å². The Bertz CT molecular complexity index is 363. The van der Waals surface area contributed by atoms with E-state index in [1.807, 2.05) is 0 Å². The third-order valence-electron chi connectivity index (χ3n) is 3.38. The summed E-state index contributed by atoms with van der Waals surface area (Å²) >= 11 is 0. The number of aromatic nitrogens is 2. The topological polar surface area (TPSA) is 29.9 Å². The second kappa shape index (κ2) is 3.63. The highest BCUT2D eigenvalue weighted by Crippen LogP contribution is 2.38. The monoisotopic (exact) mass is 205 g/mol. The van der Waals surface area contributed by atoms with Crippen LogP contribution in [0.15, 0.2) is 0 Å². The molecular weight excluding hydrogens is 186 g/mol. The first kappa shape index (κ1) is 9.40. The molecule has 1 saturated carbocycles. The van der Waals surface area contributed by atoms with Crippen LogP contribution in [-0.2, 0) is 19.4 Å². The van der Waals surface area contributed by atoms with Gasteiger partial charge in [-0.2, -0.15) is 0 Å². The van der Waals surface area contributed by atoms with Crippen molar-refractivity contribution < 1.29 is 0 Å². The molecule has 0 saturated heterocycles. The summed E-state index contributed by atoms with van der Waals surface area (Å²) < 4.78 is 2.56. The minimum Gasteiger partial charge on any atom is -0.329 e. The number of hydrogen-bond acceptors (Lipinski definition) is 2. The van der Waals surface area contributed by atoms with Crippen molar-refractivity contribution in [2.45, 2.75) is 51.6 Å². The molecule has 0 spiro atoms. The molecule has 0 aromatic carbocycles. The van der Waals surface area contributed by atoms with Crippen LogP contribution >= 0.6 is 0 Å². The summed E-state index contributed by atoms with van der Waals surface area (Å²) in [7, 11) is 0. The first-order valence-electron chi connectivity index (χ1n) is 6.19. The van der Waals surface area contributed by atoms with Gasteiger partial charge in [-0.3, -0.25) is 0 Å². The van der Waals surface area contributed by atoms with E-state index in [2.05, 4.69) is 16.8 Å². The number of aryl methyl sites for hydroxylation is 1. The van der Waals surface area contributed by atoms with Crippen LogP contribution in [0, 0.1) is 0 Å². The number of fused-ring (bicyclic) bond motifs is 1. The molecule has 2 aliphatic rings. The zero-order valence-corrected chi connectivity index (χ0v) is 9.42. The fraction of sp³-hybridized carbons (Fsp3) is 0.750. The Morgan fingerprint density at radius 1 is 1.47 bits per heavy atom. The van der Waals surface area contributed by atoms with Crippen molar-refractivity contribution in [2.75, 3.05) is 6.54 Å². The molecule has 1 fully saturated rings. The Hall–Kier alpha value is -0.830. The van der Waals surface area contributed by atoms with Crippen LogP contribution in [0.1, 0.15) is 49.4 Å². The summed E-state index contributed by atoms with van der Waals surface area (Å²) in [6.07, 6.45) is 6.25. The summed E-state index contributed by atoms with van der Waals surface area (Å²) in [5.41, 5.74) is 2.84. The van der Waals surface area contributed by atoms with Gasteiger partial charge in [0, 0.05) is 37.7 Å². The zero-order valence-electron chi connectivity index (χ0n) is 9.42. The Kier molecular flexibility index (Phi) is 2.28. The minimum atomic E-state index is 0.792. The van der Waals surface area contributed by atoms with E-state index in [1.54, 1.807) is 0 Å².